The summed E-state index contributed by atoms with van der Waals surface area (Å²) in [7, 11) is 0. The number of nitrogens with one attached hydrogen (secondary N) is 1. The third kappa shape index (κ3) is 2.98. The molecule has 0 radical (unpaired) electrons. The first-order valence-corrected chi connectivity index (χ1v) is 7.19. The molecule has 0 saturated heterocycles. The van der Waals surface area contributed by atoms with Gasteiger partial charge in [0.2, 0.25) is 5.91 Å². The predicted molar refractivity (Wildman–Crippen MR) is 84.4 cm³/mol. The number of nitrogens with two attached hydrogens (primary N) is 1. The van der Waals surface area contributed by atoms with Gasteiger partial charge in [-0.1, -0.05) is 6.07 Å². The number of carbonyl (C=O) groups is 1. The van der Waals surface area contributed by atoms with Gasteiger partial charge in [-0.3, -0.25) is 4.79 Å². The molecule has 2 aromatic carbocycles. The van der Waals surface area contributed by atoms with Gasteiger partial charge in [0.05, 0.1) is 0 Å². The van der Waals surface area contributed by atoms with Crippen LogP contribution in [0.1, 0.15) is 28.9 Å². The zero-order valence-corrected chi connectivity index (χ0v) is 12.3. The number of hydrogen-bond acceptors (Lipinski definition) is 4. The summed E-state index contributed by atoms with van der Waals surface area (Å²) < 4.78 is 11.1. The van der Waals surface area contributed by atoms with Crippen LogP contribution in [0.15, 0.2) is 42.5 Å². The number of primary amides is 1. The van der Waals surface area contributed by atoms with Gasteiger partial charge in [0.25, 0.3) is 0 Å². The average molecular weight is 298 g/mol. The summed E-state index contributed by atoms with van der Waals surface area (Å²) in [5.74, 6) is 1.14. The molecule has 22 heavy (non-hydrogen) atoms. The SMILES string of the molecule is CC(Nc1ccc(C(N)=O)cc1)c1ccc2c(c1)OCCO2. The van der Waals surface area contributed by atoms with E-state index in [-0.39, 0.29) is 6.04 Å². The molecule has 1 amide bonds. The van der Waals surface area contributed by atoms with Crippen molar-refractivity contribution in [1.82, 2.24) is 0 Å². The van der Waals surface area contributed by atoms with Crippen LogP contribution in [0.3, 0.4) is 0 Å². The van der Waals surface area contributed by atoms with Crippen molar-refractivity contribution in [2.24, 2.45) is 5.73 Å². The molecular formula is C17H18N2O3. The predicted octanol–water partition coefficient (Wildman–Crippen LogP) is 2.73. The van der Waals surface area contributed by atoms with E-state index < -0.39 is 5.91 Å². The van der Waals surface area contributed by atoms with Gasteiger partial charge in [0.1, 0.15) is 13.2 Å². The fraction of sp³-hybridized carbons (Fsp3) is 0.235. The molecule has 1 aliphatic rings. The summed E-state index contributed by atoms with van der Waals surface area (Å²) in [6, 6.07) is 13.1. The maximum atomic E-state index is 11.1. The van der Waals surface area contributed by atoms with Gasteiger partial charge in [-0.2, -0.15) is 0 Å². The van der Waals surface area contributed by atoms with Crippen LogP contribution in [0, 0.1) is 0 Å². The van der Waals surface area contributed by atoms with Crippen LogP contribution in [-0.2, 0) is 0 Å². The van der Waals surface area contributed by atoms with Gasteiger partial charge in [0, 0.05) is 17.3 Å². The number of anilines is 1. The maximum Gasteiger partial charge on any atom is 0.248 e. The highest BCUT2D eigenvalue weighted by Gasteiger charge is 2.14. The minimum atomic E-state index is -0.425. The van der Waals surface area contributed by atoms with Crippen molar-refractivity contribution in [2.45, 2.75) is 13.0 Å². The molecule has 0 aromatic heterocycles. The van der Waals surface area contributed by atoms with Gasteiger partial charge in [-0.15, -0.1) is 0 Å². The Bertz CT molecular complexity index is 683. The van der Waals surface area contributed by atoms with Crippen LogP contribution in [0.5, 0.6) is 11.5 Å². The highest BCUT2D eigenvalue weighted by atomic mass is 16.6. The number of amides is 1. The van der Waals surface area contributed by atoms with E-state index in [9.17, 15) is 4.79 Å². The van der Waals surface area contributed by atoms with Crippen LogP contribution < -0.4 is 20.5 Å². The van der Waals surface area contributed by atoms with Gasteiger partial charge < -0.3 is 20.5 Å². The zero-order chi connectivity index (χ0) is 15.5. The quantitative estimate of drug-likeness (QED) is 0.910. The third-order valence-electron chi connectivity index (χ3n) is 3.62. The summed E-state index contributed by atoms with van der Waals surface area (Å²) in [6.07, 6.45) is 0. The van der Waals surface area contributed by atoms with E-state index in [0.29, 0.717) is 18.8 Å². The van der Waals surface area contributed by atoms with Crippen molar-refractivity contribution < 1.29 is 14.3 Å². The fourth-order valence-electron chi connectivity index (χ4n) is 2.39. The Morgan fingerprint density at radius 3 is 2.45 bits per heavy atom. The van der Waals surface area contributed by atoms with E-state index >= 15 is 0 Å². The van der Waals surface area contributed by atoms with Gasteiger partial charge >= 0.3 is 0 Å². The van der Waals surface area contributed by atoms with Crippen molar-refractivity contribution in [3.63, 3.8) is 0 Å². The van der Waals surface area contributed by atoms with Crippen LogP contribution in [0.2, 0.25) is 0 Å². The Kier molecular flexibility index (Phi) is 3.87. The number of rotatable bonds is 4. The summed E-state index contributed by atoms with van der Waals surface area (Å²) in [5, 5.41) is 3.38. The lowest BCUT2D eigenvalue weighted by Crippen LogP contribution is -2.16. The molecule has 1 aliphatic heterocycles. The number of ether oxygens (including phenoxy) is 2. The highest BCUT2D eigenvalue weighted by Crippen LogP contribution is 2.33. The smallest absolute Gasteiger partial charge is 0.248 e. The molecule has 1 atom stereocenters. The molecule has 0 bridgehead atoms. The van der Waals surface area contributed by atoms with Crippen molar-refractivity contribution in [2.75, 3.05) is 18.5 Å². The van der Waals surface area contributed by atoms with Gasteiger partial charge in [-0.25, -0.2) is 0 Å². The second-order valence-electron chi connectivity index (χ2n) is 5.21. The number of carbonyl (C=O) groups excluding carboxylic acids is 1. The lowest BCUT2D eigenvalue weighted by molar-refractivity contribution is 0.100. The monoisotopic (exact) mass is 298 g/mol. The van der Waals surface area contributed by atoms with Crippen LogP contribution in [-0.4, -0.2) is 19.1 Å². The first kappa shape index (κ1) is 14.3. The Hall–Kier alpha value is -2.69. The molecule has 0 aliphatic carbocycles. The van der Waals surface area contributed by atoms with Crippen LogP contribution in [0.25, 0.3) is 0 Å². The Morgan fingerprint density at radius 2 is 1.77 bits per heavy atom. The topological polar surface area (TPSA) is 73.6 Å². The van der Waals surface area contributed by atoms with Crippen LogP contribution in [0.4, 0.5) is 5.69 Å². The summed E-state index contributed by atoms with van der Waals surface area (Å²) in [6.45, 7) is 3.23. The van der Waals surface area contributed by atoms with E-state index in [4.69, 9.17) is 15.2 Å². The number of fused-ring (bicyclic) bond motifs is 1. The lowest BCUT2D eigenvalue weighted by Gasteiger charge is -2.21. The highest BCUT2D eigenvalue weighted by molar-refractivity contribution is 5.93. The average Bonchev–Trinajstić information content (AvgIpc) is 2.55. The first-order chi connectivity index (χ1) is 10.6. The molecule has 3 N–H and O–H groups in total. The molecule has 1 heterocycles. The van der Waals surface area contributed by atoms with Gasteiger partial charge in [0.15, 0.2) is 11.5 Å². The summed E-state index contributed by atoms with van der Waals surface area (Å²) in [4.78, 5) is 11.1. The second-order valence-corrected chi connectivity index (χ2v) is 5.21. The minimum absolute atomic E-state index is 0.0928. The summed E-state index contributed by atoms with van der Waals surface area (Å²) >= 11 is 0. The Morgan fingerprint density at radius 1 is 1.09 bits per heavy atom. The Balaban J connectivity index is 1.73. The first-order valence-electron chi connectivity index (χ1n) is 7.19. The van der Waals surface area contributed by atoms with E-state index in [2.05, 4.69) is 12.2 Å². The van der Waals surface area contributed by atoms with E-state index in [1.54, 1.807) is 12.1 Å². The zero-order valence-electron chi connectivity index (χ0n) is 12.3. The van der Waals surface area contributed by atoms with E-state index in [1.807, 2.05) is 30.3 Å². The molecule has 0 fully saturated rings. The standard InChI is InChI=1S/C17H18N2O3/c1-11(19-14-5-2-12(3-6-14)17(18)20)13-4-7-15-16(10-13)22-9-8-21-15/h2-7,10-11,19H,8-9H2,1H3,(H2,18,20). The molecule has 0 spiro atoms. The van der Waals surface area contributed by atoms with E-state index in [1.165, 1.54) is 0 Å². The Labute approximate surface area is 129 Å². The van der Waals surface area contributed by atoms with Crippen molar-refractivity contribution in [3.05, 3.63) is 53.6 Å². The maximum absolute atomic E-state index is 11.1. The molecular weight excluding hydrogens is 280 g/mol. The second kappa shape index (κ2) is 5.97. The van der Waals surface area contributed by atoms with Crippen molar-refractivity contribution in [3.8, 4) is 11.5 Å². The lowest BCUT2D eigenvalue weighted by atomic mass is 10.1. The fourth-order valence-corrected chi connectivity index (χ4v) is 2.39. The number of hydrogen-bond donors (Lipinski definition) is 2. The molecule has 0 saturated carbocycles. The largest absolute Gasteiger partial charge is 0.486 e. The van der Waals surface area contributed by atoms with Crippen molar-refractivity contribution >= 4 is 11.6 Å². The molecule has 3 rings (SSSR count). The molecule has 1 unspecified atom stereocenters. The van der Waals surface area contributed by atoms with Gasteiger partial charge in [-0.05, 0) is 48.9 Å². The molecule has 5 heteroatoms. The molecule has 114 valence electrons. The summed E-state index contributed by atoms with van der Waals surface area (Å²) in [5.41, 5.74) is 7.76. The molecule has 2 aromatic rings. The normalized spacial score (nSPS) is 14.2. The minimum Gasteiger partial charge on any atom is -0.486 e. The third-order valence-corrected chi connectivity index (χ3v) is 3.62. The molecule has 5 nitrogen and oxygen atoms in total. The number of benzene rings is 2. The van der Waals surface area contributed by atoms with E-state index in [0.717, 1.165) is 22.7 Å². The van der Waals surface area contributed by atoms with Crippen molar-refractivity contribution in [1.29, 1.82) is 0 Å². The van der Waals surface area contributed by atoms with Crippen LogP contribution >= 0.6 is 0 Å².